The first-order valence-electron chi connectivity index (χ1n) is 6.10. The molecule has 0 saturated carbocycles. The lowest BCUT2D eigenvalue weighted by atomic mass is 9.99. The molecule has 1 unspecified atom stereocenters. The number of allylic oxidation sites excluding steroid dienone is 3. The summed E-state index contributed by atoms with van der Waals surface area (Å²) in [5, 5.41) is 3.13. The molecule has 0 aliphatic heterocycles. The summed E-state index contributed by atoms with van der Waals surface area (Å²) in [4.78, 5) is 4.33. The molecule has 2 heteroatoms. The van der Waals surface area contributed by atoms with Crippen molar-refractivity contribution < 1.29 is 0 Å². The summed E-state index contributed by atoms with van der Waals surface area (Å²) in [5.41, 5.74) is 3.52. The minimum atomic E-state index is 0.509. The Balaban J connectivity index is 2.55. The maximum atomic E-state index is 4.33. The van der Waals surface area contributed by atoms with Gasteiger partial charge in [0.1, 0.15) is 0 Å². The number of rotatable bonds is 5. The van der Waals surface area contributed by atoms with Gasteiger partial charge in [0.2, 0.25) is 0 Å². The van der Waals surface area contributed by atoms with Crippen molar-refractivity contribution in [2.24, 2.45) is 0 Å². The second kappa shape index (κ2) is 6.89. The highest BCUT2D eigenvalue weighted by atomic mass is 14.8. The lowest BCUT2D eigenvalue weighted by Gasteiger charge is -2.09. The maximum Gasteiger partial charge on any atom is 0.0372 e. The Bertz CT molecular complexity index is 388. The first-order chi connectivity index (χ1) is 8.17. The second-order valence-electron chi connectivity index (χ2n) is 4.27. The smallest absolute Gasteiger partial charge is 0.0372 e. The van der Waals surface area contributed by atoms with E-state index in [-0.39, 0.29) is 0 Å². The van der Waals surface area contributed by atoms with Crippen LogP contribution in [0.25, 0.3) is 0 Å². The van der Waals surface area contributed by atoms with Gasteiger partial charge in [-0.3, -0.25) is 4.98 Å². The SMILES string of the molecule is C/C=C(\C=C/CC(C)c1ccc(C)nc1)NC. The number of likely N-dealkylation sites (N-methyl/N-ethyl adjacent to an activating group) is 1. The molecule has 1 aromatic rings. The van der Waals surface area contributed by atoms with Gasteiger partial charge in [0.05, 0.1) is 0 Å². The molecule has 0 fully saturated rings. The fourth-order valence-electron chi connectivity index (χ4n) is 1.63. The normalized spacial score (nSPS) is 14.0. The Kier molecular flexibility index (Phi) is 5.47. The highest BCUT2D eigenvalue weighted by Crippen LogP contribution is 2.18. The van der Waals surface area contributed by atoms with Crippen LogP contribution >= 0.6 is 0 Å². The van der Waals surface area contributed by atoms with E-state index in [0.29, 0.717) is 5.92 Å². The van der Waals surface area contributed by atoms with Crippen LogP contribution in [0.5, 0.6) is 0 Å². The summed E-state index contributed by atoms with van der Waals surface area (Å²) in [7, 11) is 1.94. The predicted octanol–water partition coefficient (Wildman–Crippen LogP) is 3.56. The molecule has 0 aromatic carbocycles. The number of nitrogens with zero attached hydrogens (tertiary/aromatic N) is 1. The van der Waals surface area contributed by atoms with Crippen LogP contribution in [0.2, 0.25) is 0 Å². The van der Waals surface area contributed by atoms with Crippen LogP contribution < -0.4 is 5.32 Å². The van der Waals surface area contributed by atoms with E-state index < -0.39 is 0 Å². The Morgan fingerprint density at radius 1 is 1.47 bits per heavy atom. The molecule has 2 nitrogen and oxygen atoms in total. The highest BCUT2D eigenvalue weighted by molar-refractivity contribution is 5.20. The van der Waals surface area contributed by atoms with Gasteiger partial charge in [-0.05, 0) is 43.9 Å². The number of pyridine rings is 1. The number of hydrogen-bond acceptors (Lipinski definition) is 2. The van der Waals surface area contributed by atoms with Crippen molar-refractivity contribution in [1.29, 1.82) is 0 Å². The van der Waals surface area contributed by atoms with Gasteiger partial charge in [-0.1, -0.05) is 25.1 Å². The van der Waals surface area contributed by atoms with E-state index in [2.05, 4.69) is 47.6 Å². The molecule has 0 spiro atoms. The quantitative estimate of drug-likeness (QED) is 0.782. The Morgan fingerprint density at radius 3 is 2.76 bits per heavy atom. The molecule has 92 valence electrons. The fraction of sp³-hybridized carbons (Fsp3) is 0.400. The van der Waals surface area contributed by atoms with Crippen LogP contribution in [0.1, 0.15) is 37.4 Å². The topological polar surface area (TPSA) is 24.9 Å². The average Bonchev–Trinajstić information content (AvgIpc) is 2.35. The highest BCUT2D eigenvalue weighted by Gasteiger charge is 2.03. The molecular weight excluding hydrogens is 208 g/mol. The van der Waals surface area contributed by atoms with Crippen molar-refractivity contribution in [1.82, 2.24) is 10.3 Å². The first-order valence-corrected chi connectivity index (χ1v) is 6.10. The van der Waals surface area contributed by atoms with E-state index in [1.54, 1.807) is 0 Å². The van der Waals surface area contributed by atoms with Crippen LogP contribution in [-0.2, 0) is 0 Å². The number of hydrogen-bond donors (Lipinski definition) is 1. The number of aryl methyl sites for hydroxylation is 1. The lowest BCUT2D eigenvalue weighted by Crippen LogP contribution is -2.02. The van der Waals surface area contributed by atoms with Gasteiger partial charge in [-0.15, -0.1) is 0 Å². The third kappa shape index (κ3) is 4.43. The minimum Gasteiger partial charge on any atom is -0.388 e. The summed E-state index contributed by atoms with van der Waals surface area (Å²) in [6.45, 7) is 6.27. The summed E-state index contributed by atoms with van der Waals surface area (Å²) in [6.07, 6.45) is 9.40. The molecule has 0 radical (unpaired) electrons. The minimum absolute atomic E-state index is 0.509. The molecule has 17 heavy (non-hydrogen) atoms. The van der Waals surface area contributed by atoms with Crippen molar-refractivity contribution in [3.63, 3.8) is 0 Å². The van der Waals surface area contributed by atoms with Crippen molar-refractivity contribution in [3.8, 4) is 0 Å². The van der Waals surface area contributed by atoms with Crippen molar-refractivity contribution in [3.05, 3.63) is 53.5 Å². The summed E-state index contributed by atoms with van der Waals surface area (Å²) >= 11 is 0. The number of nitrogens with one attached hydrogen (secondary N) is 1. The molecule has 0 aliphatic rings. The second-order valence-corrected chi connectivity index (χ2v) is 4.27. The van der Waals surface area contributed by atoms with E-state index in [4.69, 9.17) is 0 Å². The summed E-state index contributed by atoms with van der Waals surface area (Å²) < 4.78 is 0. The molecule has 0 amide bonds. The van der Waals surface area contributed by atoms with Crippen LogP contribution in [0.15, 0.2) is 42.3 Å². The maximum absolute atomic E-state index is 4.33. The average molecular weight is 230 g/mol. The molecule has 1 rings (SSSR count). The van der Waals surface area contributed by atoms with Gasteiger partial charge in [-0.2, -0.15) is 0 Å². The third-order valence-corrected chi connectivity index (χ3v) is 2.89. The van der Waals surface area contributed by atoms with Gasteiger partial charge in [0, 0.05) is 24.6 Å². The fourth-order valence-corrected chi connectivity index (χ4v) is 1.63. The summed E-state index contributed by atoms with van der Waals surface area (Å²) in [6, 6.07) is 4.23. The van der Waals surface area contributed by atoms with E-state index in [1.807, 2.05) is 27.1 Å². The molecular formula is C15H22N2. The zero-order valence-corrected chi connectivity index (χ0v) is 11.2. The molecule has 0 saturated heterocycles. The van der Waals surface area contributed by atoms with Crippen LogP contribution in [0.3, 0.4) is 0 Å². The Labute approximate surface area is 104 Å². The summed E-state index contributed by atoms with van der Waals surface area (Å²) in [5.74, 6) is 0.509. The van der Waals surface area contributed by atoms with E-state index in [9.17, 15) is 0 Å². The van der Waals surface area contributed by atoms with Crippen molar-refractivity contribution >= 4 is 0 Å². The van der Waals surface area contributed by atoms with Crippen LogP contribution in [0.4, 0.5) is 0 Å². The van der Waals surface area contributed by atoms with E-state index in [1.165, 1.54) is 5.56 Å². The van der Waals surface area contributed by atoms with Crippen molar-refractivity contribution in [2.75, 3.05) is 7.05 Å². The van der Waals surface area contributed by atoms with Gasteiger partial charge in [0.15, 0.2) is 0 Å². The Hall–Kier alpha value is -1.57. The molecule has 0 aliphatic carbocycles. The van der Waals surface area contributed by atoms with Gasteiger partial charge >= 0.3 is 0 Å². The zero-order valence-electron chi connectivity index (χ0n) is 11.2. The zero-order chi connectivity index (χ0) is 12.7. The van der Waals surface area contributed by atoms with Gasteiger partial charge in [-0.25, -0.2) is 0 Å². The van der Waals surface area contributed by atoms with Crippen molar-refractivity contribution in [2.45, 2.75) is 33.1 Å². The van der Waals surface area contributed by atoms with Gasteiger partial charge < -0.3 is 5.32 Å². The molecule has 1 N–H and O–H groups in total. The largest absolute Gasteiger partial charge is 0.388 e. The lowest BCUT2D eigenvalue weighted by molar-refractivity contribution is 0.773. The van der Waals surface area contributed by atoms with E-state index >= 15 is 0 Å². The van der Waals surface area contributed by atoms with Gasteiger partial charge in [0.25, 0.3) is 0 Å². The monoisotopic (exact) mass is 230 g/mol. The molecule has 0 bridgehead atoms. The third-order valence-electron chi connectivity index (χ3n) is 2.89. The van der Waals surface area contributed by atoms with Crippen LogP contribution in [-0.4, -0.2) is 12.0 Å². The predicted molar refractivity (Wildman–Crippen MR) is 74.0 cm³/mol. The first kappa shape index (κ1) is 13.5. The van der Waals surface area contributed by atoms with E-state index in [0.717, 1.165) is 17.8 Å². The van der Waals surface area contributed by atoms with Crippen LogP contribution in [0, 0.1) is 6.92 Å². The molecule has 1 aromatic heterocycles. The number of aromatic nitrogens is 1. The molecule has 1 heterocycles. The standard InChI is InChI=1S/C15H22N2/c1-5-15(16-4)8-6-7-12(2)14-10-9-13(3)17-11-14/h5-6,8-12,16H,7H2,1-4H3/b8-6-,15-5+. The Morgan fingerprint density at radius 2 is 2.24 bits per heavy atom. The molecule has 1 atom stereocenters.